The molecular weight excluding hydrogens is 226 g/mol. The molecule has 0 aliphatic carbocycles. The van der Waals surface area contributed by atoms with Crippen LogP contribution in [0, 0.1) is 0 Å². The second kappa shape index (κ2) is 5.72. The fourth-order valence-electron chi connectivity index (χ4n) is 1.46. The highest BCUT2D eigenvalue weighted by atomic mass is 16.1. The lowest BCUT2D eigenvalue weighted by atomic mass is 10.3. The molecule has 0 bridgehead atoms. The van der Waals surface area contributed by atoms with Crippen LogP contribution in [0.25, 0.3) is 5.69 Å². The van der Waals surface area contributed by atoms with Gasteiger partial charge in [-0.1, -0.05) is 24.3 Å². The topological polar surface area (TPSA) is 47.2 Å². The van der Waals surface area contributed by atoms with E-state index in [1.54, 1.807) is 23.1 Å². The minimum absolute atomic E-state index is 0.218. The van der Waals surface area contributed by atoms with Crippen LogP contribution in [-0.4, -0.2) is 15.7 Å². The van der Waals surface area contributed by atoms with Gasteiger partial charge in [-0.25, -0.2) is 9.67 Å². The van der Waals surface area contributed by atoms with E-state index in [4.69, 9.17) is 0 Å². The molecule has 0 saturated heterocycles. The first kappa shape index (κ1) is 12.0. The molecule has 18 heavy (non-hydrogen) atoms. The average molecular weight is 239 g/mol. The van der Waals surface area contributed by atoms with E-state index < -0.39 is 0 Å². The molecule has 1 heterocycles. The fourth-order valence-corrected chi connectivity index (χ4v) is 1.46. The summed E-state index contributed by atoms with van der Waals surface area (Å²) in [5.74, 6) is -0.218. The largest absolute Gasteiger partial charge is 0.272 e. The van der Waals surface area contributed by atoms with E-state index in [-0.39, 0.29) is 12.3 Å². The van der Waals surface area contributed by atoms with Crippen LogP contribution >= 0.6 is 0 Å². The molecule has 0 unspecified atom stereocenters. The maximum atomic E-state index is 11.3. The summed E-state index contributed by atoms with van der Waals surface area (Å²) in [6.07, 6.45) is 5.11. The van der Waals surface area contributed by atoms with Crippen molar-refractivity contribution in [1.82, 2.24) is 9.78 Å². The first-order valence-corrected chi connectivity index (χ1v) is 5.58. The Morgan fingerprint density at radius 3 is 2.72 bits per heavy atom. The normalized spacial score (nSPS) is 11.2. The minimum Gasteiger partial charge on any atom is -0.272 e. The molecule has 0 saturated carbocycles. The average Bonchev–Trinajstić information content (AvgIpc) is 2.41. The maximum absolute atomic E-state index is 11.3. The predicted octanol–water partition coefficient (Wildman–Crippen LogP) is 1.88. The van der Waals surface area contributed by atoms with Crippen molar-refractivity contribution in [3.8, 4) is 5.69 Å². The third-order valence-corrected chi connectivity index (χ3v) is 2.29. The van der Waals surface area contributed by atoms with Gasteiger partial charge in [-0.05, 0) is 18.2 Å². The van der Waals surface area contributed by atoms with Crippen LogP contribution in [0.2, 0.25) is 0 Å². The van der Waals surface area contributed by atoms with Gasteiger partial charge in [-0.15, -0.1) is 6.58 Å². The van der Waals surface area contributed by atoms with E-state index in [2.05, 4.69) is 16.7 Å². The number of carbonyl (C=O) groups excluding carboxylic acids is 1. The Hall–Kier alpha value is -2.49. The Morgan fingerprint density at radius 2 is 2.11 bits per heavy atom. The molecule has 1 amide bonds. The molecule has 0 N–H and O–H groups in total. The summed E-state index contributed by atoms with van der Waals surface area (Å²) < 4.78 is 1.72. The Balaban J connectivity index is 2.26. The van der Waals surface area contributed by atoms with Gasteiger partial charge in [0.15, 0.2) is 0 Å². The third-order valence-electron chi connectivity index (χ3n) is 2.29. The van der Waals surface area contributed by atoms with E-state index in [1.165, 1.54) is 6.08 Å². The van der Waals surface area contributed by atoms with E-state index in [0.717, 1.165) is 5.69 Å². The SMILES string of the molecule is C=CCC(=O)/N=c1/ccn(-c2ccccc2)nc1. The zero-order valence-electron chi connectivity index (χ0n) is 9.86. The number of amides is 1. The lowest BCUT2D eigenvalue weighted by Gasteiger charge is -2.03. The van der Waals surface area contributed by atoms with Crippen molar-refractivity contribution in [2.75, 3.05) is 0 Å². The molecule has 2 aromatic rings. The summed E-state index contributed by atoms with van der Waals surface area (Å²) in [6.45, 7) is 3.50. The number of rotatable bonds is 3. The Kier molecular flexibility index (Phi) is 3.81. The molecule has 0 spiro atoms. The van der Waals surface area contributed by atoms with Gasteiger partial charge in [0.2, 0.25) is 5.91 Å². The zero-order valence-corrected chi connectivity index (χ0v) is 9.86. The highest BCUT2D eigenvalue weighted by Gasteiger charge is 1.95. The summed E-state index contributed by atoms with van der Waals surface area (Å²) in [5, 5.41) is 4.76. The van der Waals surface area contributed by atoms with Gasteiger partial charge >= 0.3 is 0 Å². The van der Waals surface area contributed by atoms with Gasteiger partial charge in [0.05, 0.1) is 17.2 Å². The van der Waals surface area contributed by atoms with E-state index >= 15 is 0 Å². The maximum Gasteiger partial charge on any atom is 0.250 e. The van der Waals surface area contributed by atoms with Crippen LogP contribution in [0.1, 0.15) is 6.42 Å². The fraction of sp³-hybridized carbons (Fsp3) is 0.0714. The minimum atomic E-state index is -0.218. The lowest BCUT2D eigenvalue weighted by molar-refractivity contribution is -0.117. The van der Waals surface area contributed by atoms with Gasteiger partial charge in [0.1, 0.15) is 0 Å². The standard InChI is InChI=1S/C14H13N3O/c1-2-6-14(18)16-12-9-10-17(15-11-12)13-7-4-3-5-8-13/h2-5,7-11H,1,6H2/b16-12-. The lowest BCUT2D eigenvalue weighted by Crippen LogP contribution is -2.10. The molecule has 0 aliphatic rings. The van der Waals surface area contributed by atoms with Gasteiger partial charge in [-0.2, -0.15) is 5.10 Å². The first-order chi connectivity index (χ1) is 8.79. The number of nitrogens with zero attached hydrogens (tertiary/aromatic N) is 3. The molecule has 90 valence electrons. The molecule has 1 aromatic carbocycles. The van der Waals surface area contributed by atoms with Crippen molar-refractivity contribution in [1.29, 1.82) is 0 Å². The number of para-hydroxylation sites is 1. The van der Waals surface area contributed by atoms with Crippen LogP contribution in [0.3, 0.4) is 0 Å². The predicted molar refractivity (Wildman–Crippen MR) is 68.9 cm³/mol. The van der Waals surface area contributed by atoms with E-state index in [9.17, 15) is 4.79 Å². The number of aromatic nitrogens is 2. The number of hydrogen-bond acceptors (Lipinski definition) is 2. The molecule has 4 heteroatoms. The number of benzene rings is 1. The third kappa shape index (κ3) is 3.01. The summed E-state index contributed by atoms with van der Waals surface area (Å²) in [7, 11) is 0. The Morgan fingerprint density at radius 1 is 1.33 bits per heavy atom. The molecule has 0 aliphatic heterocycles. The van der Waals surface area contributed by atoms with Crippen LogP contribution < -0.4 is 5.36 Å². The molecule has 0 atom stereocenters. The van der Waals surface area contributed by atoms with Crippen LogP contribution in [0.5, 0.6) is 0 Å². The van der Waals surface area contributed by atoms with Gasteiger partial charge in [-0.3, -0.25) is 4.79 Å². The summed E-state index contributed by atoms with van der Waals surface area (Å²) >= 11 is 0. The molecule has 4 nitrogen and oxygen atoms in total. The number of carbonyl (C=O) groups is 1. The van der Waals surface area contributed by atoms with Gasteiger partial charge in [0.25, 0.3) is 0 Å². The molecule has 2 rings (SSSR count). The van der Waals surface area contributed by atoms with Crippen LogP contribution in [0.15, 0.2) is 66.4 Å². The highest BCUT2D eigenvalue weighted by Crippen LogP contribution is 2.02. The summed E-state index contributed by atoms with van der Waals surface area (Å²) in [4.78, 5) is 15.2. The van der Waals surface area contributed by atoms with Crippen molar-refractivity contribution < 1.29 is 4.79 Å². The van der Waals surface area contributed by atoms with E-state index in [1.807, 2.05) is 30.3 Å². The summed E-state index contributed by atoms with van der Waals surface area (Å²) in [6, 6.07) is 11.5. The molecule has 0 radical (unpaired) electrons. The second-order valence-corrected chi connectivity index (χ2v) is 3.66. The first-order valence-electron chi connectivity index (χ1n) is 5.58. The Labute approximate surface area is 105 Å². The highest BCUT2D eigenvalue weighted by molar-refractivity contribution is 5.78. The monoisotopic (exact) mass is 239 g/mol. The quantitative estimate of drug-likeness (QED) is 0.768. The molecular formula is C14H13N3O. The second-order valence-electron chi connectivity index (χ2n) is 3.66. The number of hydrogen-bond donors (Lipinski definition) is 0. The van der Waals surface area contributed by atoms with Crippen LogP contribution in [-0.2, 0) is 4.79 Å². The zero-order chi connectivity index (χ0) is 12.8. The van der Waals surface area contributed by atoms with Crippen molar-refractivity contribution in [3.63, 3.8) is 0 Å². The Bertz CT molecular complexity index is 594. The van der Waals surface area contributed by atoms with Crippen molar-refractivity contribution >= 4 is 5.91 Å². The van der Waals surface area contributed by atoms with Crippen molar-refractivity contribution in [2.24, 2.45) is 4.99 Å². The molecule has 0 fully saturated rings. The van der Waals surface area contributed by atoms with Gasteiger partial charge < -0.3 is 0 Å². The summed E-state index contributed by atoms with van der Waals surface area (Å²) in [5.41, 5.74) is 0.960. The molecule has 1 aromatic heterocycles. The van der Waals surface area contributed by atoms with Crippen molar-refractivity contribution in [2.45, 2.75) is 6.42 Å². The van der Waals surface area contributed by atoms with Gasteiger partial charge in [0, 0.05) is 12.6 Å². The van der Waals surface area contributed by atoms with Crippen LogP contribution in [0.4, 0.5) is 0 Å². The smallest absolute Gasteiger partial charge is 0.250 e. The van der Waals surface area contributed by atoms with Crippen molar-refractivity contribution in [3.05, 3.63) is 66.8 Å². The van der Waals surface area contributed by atoms with E-state index in [0.29, 0.717) is 5.36 Å².